The van der Waals surface area contributed by atoms with Gasteiger partial charge in [0.2, 0.25) is 5.91 Å². The van der Waals surface area contributed by atoms with Crippen LogP contribution in [0.15, 0.2) is 41.8 Å². The molecule has 2 heterocycles. The molecule has 0 bridgehead atoms. The molecule has 0 radical (unpaired) electrons. The van der Waals surface area contributed by atoms with E-state index < -0.39 is 0 Å². The van der Waals surface area contributed by atoms with Crippen molar-refractivity contribution in [2.24, 2.45) is 17.3 Å². The summed E-state index contributed by atoms with van der Waals surface area (Å²) in [4.78, 5) is 16.9. The lowest BCUT2D eigenvalue weighted by molar-refractivity contribution is -0.151. The number of thiophene rings is 1. The number of carbonyl (C=O) groups excluding carboxylic acids is 1. The van der Waals surface area contributed by atoms with Crippen LogP contribution in [0.3, 0.4) is 0 Å². The molecule has 1 aliphatic heterocycles. The summed E-state index contributed by atoms with van der Waals surface area (Å²) in [7, 11) is 0. The summed E-state index contributed by atoms with van der Waals surface area (Å²) in [6, 6.07) is 15.1. The zero-order chi connectivity index (χ0) is 17.7. The fourth-order valence-electron chi connectivity index (χ4n) is 5.35. The first kappa shape index (κ1) is 16.1. The van der Waals surface area contributed by atoms with Crippen LogP contribution in [-0.2, 0) is 11.2 Å². The first-order chi connectivity index (χ1) is 12.7. The molecule has 1 spiro atoms. The Labute approximate surface area is 158 Å². The van der Waals surface area contributed by atoms with Crippen LogP contribution in [0.5, 0.6) is 0 Å². The highest BCUT2D eigenvalue weighted by atomic mass is 32.1. The van der Waals surface area contributed by atoms with Gasteiger partial charge in [-0.15, -0.1) is 11.3 Å². The maximum Gasteiger partial charge on any atom is 0.226 e. The van der Waals surface area contributed by atoms with Crippen molar-refractivity contribution in [3.8, 4) is 6.07 Å². The first-order valence-corrected chi connectivity index (χ1v) is 10.4. The van der Waals surface area contributed by atoms with Gasteiger partial charge in [0.05, 0.1) is 12.1 Å². The second kappa shape index (κ2) is 5.96. The summed E-state index contributed by atoms with van der Waals surface area (Å²) in [5, 5.41) is 11.2. The van der Waals surface area contributed by atoms with Gasteiger partial charge in [0, 0.05) is 23.3 Å². The third-order valence-corrected chi connectivity index (χ3v) is 7.61. The number of nitrogens with zero attached hydrogens (tertiary/aromatic N) is 2. The van der Waals surface area contributed by atoms with E-state index in [2.05, 4.69) is 46.7 Å². The molecule has 0 N–H and O–H groups in total. The van der Waals surface area contributed by atoms with Crippen LogP contribution in [0.1, 0.15) is 47.7 Å². The number of rotatable bonds is 2. The largest absolute Gasteiger partial charge is 0.331 e. The smallest absolute Gasteiger partial charge is 0.226 e. The van der Waals surface area contributed by atoms with E-state index in [1.165, 1.54) is 16.0 Å². The number of fused-ring (bicyclic) bond motifs is 1. The Morgan fingerprint density at radius 2 is 1.92 bits per heavy atom. The second-order valence-electron chi connectivity index (χ2n) is 8.23. The molecular weight excluding hydrogens is 340 g/mol. The number of hydrogen-bond acceptors (Lipinski definition) is 3. The van der Waals surface area contributed by atoms with E-state index in [0.29, 0.717) is 11.3 Å². The minimum atomic E-state index is 0.0588. The van der Waals surface area contributed by atoms with Gasteiger partial charge in [-0.25, -0.2) is 0 Å². The van der Waals surface area contributed by atoms with Crippen molar-refractivity contribution in [3.63, 3.8) is 0 Å². The molecule has 2 aliphatic carbocycles. The second-order valence-corrected chi connectivity index (χ2v) is 9.23. The summed E-state index contributed by atoms with van der Waals surface area (Å²) in [5.41, 5.74) is 2.83. The molecule has 3 nitrogen and oxygen atoms in total. The third kappa shape index (κ3) is 2.41. The minimum absolute atomic E-state index is 0.0588. The zero-order valence-electron chi connectivity index (χ0n) is 14.7. The van der Waals surface area contributed by atoms with E-state index in [9.17, 15) is 4.79 Å². The predicted molar refractivity (Wildman–Crippen MR) is 102 cm³/mol. The predicted octanol–water partition coefficient (Wildman–Crippen LogP) is 4.55. The van der Waals surface area contributed by atoms with Crippen molar-refractivity contribution in [1.82, 2.24) is 4.90 Å². The molecule has 1 unspecified atom stereocenters. The first-order valence-electron chi connectivity index (χ1n) is 9.50. The van der Waals surface area contributed by atoms with Gasteiger partial charge in [-0.1, -0.05) is 30.3 Å². The third-order valence-electron chi connectivity index (χ3n) is 6.61. The number of hydrogen-bond donors (Lipinski definition) is 0. The Balaban J connectivity index is 1.38. The Hall–Kier alpha value is -2.12. The normalized spacial score (nSPS) is 32.3. The summed E-state index contributed by atoms with van der Waals surface area (Å²) in [6.07, 6.45) is 4.95. The van der Waals surface area contributed by atoms with Crippen molar-refractivity contribution in [1.29, 1.82) is 5.26 Å². The zero-order valence-corrected chi connectivity index (χ0v) is 15.5. The highest BCUT2D eigenvalue weighted by molar-refractivity contribution is 7.10. The maximum absolute atomic E-state index is 13.3. The summed E-state index contributed by atoms with van der Waals surface area (Å²) in [6.45, 7) is 0.816. The van der Waals surface area contributed by atoms with Gasteiger partial charge >= 0.3 is 0 Å². The molecule has 5 rings (SSSR count). The van der Waals surface area contributed by atoms with E-state index in [1.54, 1.807) is 0 Å². The van der Waals surface area contributed by atoms with Crippen molar-refractivity contribution in [2.75, 3.05) is 6.54 Å². The standard InChI is InChI=1S/C22H22N2OS/c23-14-15-10-22(11-15)12-17(13-22)21(25)24-8-6-19-18(7-9-26-19)20(24)16-4-2-1-3-5-16/h1-5,7,9,15,17,20H,6,8,10-13H2. The van der Waals surface area contributed by atoms with Crippen molar-refractivity contribution in [3.05, 3.63) is 57.8 Å². The molecule has 132 valence electrons. The molecule has 1 aromatic heterocycles. The Morgan fingerprint density at radius 1 is 1.15 bits per heavy atom. The molecule has 1 amide bonds. The van der Waals surface area contributed by atoms with Gasteiger partial charge in [0.25, 0.3) is 0 Å². The van der Waals surface area contributed by atoms with Crippen molar-refractivity contribution in [2.45, 2.75) is 38.1 Å². The van der Waals surface area contributed by atoms with Gasteiger partial charge in [-0.05, 0) is 60.1 Å². The van der Waals surface area contributed by atoms with Crippen LogP contribution in [0.4, 0.5) is 0 Å². The molecule has 2 saturated carbocycles. The van der Waals surface area contributed by atoms with Crippen LogP contribution < -0.4 is 0 Å². The number of amides is 1. The molecule has 26 heavy (non-hydrogen) atoms. The van der Waals surface area contributed by atoms with E-state index in [0.717, 1.165) is 38.6 Å². The van der Waals surface area contributed by atoms with E-state index in [4.69, 9.17) is 5.26 Å². The molecule has 2 fully saturated rings. The van der Waals surface area contributed by atoms with Gasteiger partial charge < -0.3 is 4.90 Å². The SMILES string of the molecule is N#CC1CC2(C1)CC(C(=O)N1CCc3sccc3C1c1ccccc1)C2. The van der Waals surface area contributed by atoms with Gasteiger partial charge in [0.1, 0.15) is 0 Å². The molecule has 4 heteroatoms. The average molecular weight is 362 g/mol. The number of benzene rings is 1. The fraction of sp³-hybridized carbons (Fsp3) is 0.455. The lowest BCUT2D eigenvalue weighted by Crippen LogP contribution is -2.54. The van der Waals surface area contributed by atoms with Crippen LogP contribution >= 0.6 is 11.3 Å². The Kier molecular flexibility index (Phi) is 3.68. The fourth-order valence-corrected chi connectivity index (χ4v) is 6.26. The average Bonchev–Trinajstić information content (AvgIpc) is 3.08. The summed E-state index contributed by atoms with van der Waals surface area (Å²) >= 11 is 1.81. The summed E-state index contributed by atoms with van der Waals surface area (Å²) < 4.78 is 0. The molecule has 1 aromatic carbocycles. The Morgan fingerprint density at radius 3 is 2.65 bits per heavy atom. The highest BCUT2D eigenvalue weighted by Gasteiger charge is 2.56. The lowest BCUT2D eigenvalue weighted by Gasteiger charge is -2.56. The Bertz CT molecular complexity index is 867. The van der Waals surface area contributed by atoms with E-state index in [-0.39, 0.29) is 17.9 Å². The number of carbonyl (C=O) groups is 1. The quantitative estimate of drug-likeness (QED) is 0.786. The lowest BCUT2D eigenvalue weighted by atomic mass is 9.48. The molecule has 2 aromatic rings. The van der Waals surface area contributed by atoms with E-state index in [1.807, 2.05) is 17.4 Å². The van der Waals surface area contributed by atoms with Crippen LogP contribution in [0.25, 0.3) is 0 Å². The molecular formula is C22H22N2OS. The highest BCUT2D eigenvalue weighted by Crippen LogP contribution is 2.61. The van der Waals surface area contributed by atoms with Crippen LogP contribution in [0, 0.1) is 28.6 Å². The summed E-state index contributed by atoms with van der Waals surface area (Å²) in [5.74, 6) is 0.703. The molecule has 3 aliphatic rings. The van der Waals surface area contributed by atoms with Crippen LogP contribution in [0.2, 0.25) is 0 Å². The van der Waals surface area contributed by atoms with Gasteiger partial charge in [-0.3, -0.25) is 4.79 Å². The van der Waals surface area contributed by atoms with Gasteiger partial charge in [-0.2, -0.15) is 5.26 Å². The number of nitriles is 1. The molecule has 1 atom stereocenters. The van der Waals surface area contributed by atoms with Crippen LogP contribution in [-0.4, -0.2) is 17.4 Å². The topological polar surface area (TPSA) is 44.1 Å². The van der Waals surface area contributed by atoms with Gasteiger partial charge in [0.15, 0.2) is 0 Å². The minimum Gasteiger partial charge on any atom is -0.331 e. The van der Waals surface area contributed by atoms with E-state index >= 15 is 0 Å². The van der Waals surface area contributed by atoms with Crippen molar-refractivity contribution >= 4 is 17.2 Å². The molecule has 0 saturated heterocycles. The monoisotopic (exact) mass is 362 g/mol. The van der Waals surface area contributed by atoms with Crippen molar-refractivity contribution < 1.29 is 4.79 Å². The maximum atomic E-state index is 13.3.